The zero-order chi connectivity index (χ0) is 18.4. The van der Waals surface area contributed by atoms with Gasteiger partial charge >= 0.3 is 0 Å². The Labute approximate surface area is 159 Å². The molecular formula is C16H17Cl2N7O. The molecular weight excluding hydrogens is 377 g/mol. The van der Waals surface area contributed by atoms with Crippen LogP contribution in [0.2, 0.25) is 10.0 Å². The number of rotatable bonds is 3. The monoisotopic (exact) mass is 393 g/mol. The molecule has 5 N–H and O–H groups in total. The maximum atomic E-state index is 12.2. The molecule has 0 unspecified atom stereocenters. The van der Waals surface area contributed by atoms with Gasteiger partial charge in [0, 0.05) is 13.1 Å². The molecule has 0 saturated heterocycles. The molecule has 0 saturated carbocycles. The summed E-state index contributed by atoms with van der Waals surface area (Å²) in [7, 11) is 0. The first-order chi connectivity index (χ1) is 12.5. The van der Waals surface area contributed by atoms with Crippen LogP contribution < -0.4 is 11.5 Å². The molecule has 136 valence electrons. The number of aromatic nitrogens is 4. The summed E-state index contributed by atoms with van der Waals surface area (Å²) in [6.45, 7) is 1.71. The van der Waals surface area contributed by atoms with E-state index in [0.717, 1.165) is 11.2 Å². The summed E-state index contributed by atoms with van der Waals surface area (Å²) in [5.41, 5.74) is 14.4. The van der Waals surface area contributed by atoms with Gasteiger partial charge in [0.05, 0.1) is 45.9 Å². The molecule has 0 aliphatic carbocycles. The van der Waals surface area contributed by atoms with E-state index in [1.807, 2.05) is 10.7 Å². The Balaban J connectivity index is 1.63. The number of carbonyl (C=O) groups excluding carboxylic acids is 1. The number of benzene rings is 1. The summed E-state index contributed by atoms with van der Waals surface area (Å²) in [5, 5.41) is 5.50. The third kappa shape index (κ3) is 2.95. The van der Waals surface area contributed by atoms with Gasteiger partial charge in [0.25, 0.3) is 0 Å². The first kappa shape index (κ1) is 17.3. The van der Waals surface area contributed by atoms with Gasteiger partial charge in [-0.2, -0.15) is 5.10 Å². The number of imidazole rings is 1. The van der Waals surface area contributed by atoms with E-state index in [0.29, 0.717) is 46.7 Å². The minimum Gasteiger partial charge on any atom is -0.337 e. The van der Waals surface area contributed by atoms with E-state index in [1.54, 1.807) is 17.0 Å². The van der Waals surface area contributed by atoms with Gasteiger partial charge in [0.15, 0.2) is 5.82 Å². The van der Waals surface area contributed by atoms with Gasteiger partial charge < -0.3 is 21.4 Å². The molecule has 0 bridgehead atoms. The molecule has 2 aromatic heterocycles. The van der Waals surface area contributed by atoms with Gasteiger partial charge in [0.2, 0.25) is 5.91 Å². The van der Waals surface area contributed by atoms with Gasteiger partial charge in [-0.15, -0.1) is 0 Å². The predicted octanol–water partition coefficient (Wildman–Crippen LogP) is 1.36. The molecule has 1 atom stereocenters. The fourth-order valence-electron chi connectivity index (χ4n) is 3.03. The molecule has 1 amide bonds. The van der Waals surface area contributed by atoms with Crippen molar-refractivity contribution < 1.29 is 4.79 Å². The largest absolute Gasteiger partial charge is 0.337 e. The lowest BCUT2D eigenvalue weighted by atomic mass is 10.2. The average Bonchev–Trinajstić information content (AvgIpc) is 3.23. The summed E-state index contributed by atoms with van der Waals surface area (Å²) >= 11 is 12.1. The fraction of sp³-hybridized carbons (Fsp3) is 0.312. The second-order valence-corrected chi connectivity index (χ2v) is 7.03. The first-order valence-electron chi connectivity index (χ1n) is 8.12. The third-order valence-electron chi connectivity index (χ3n) is 4.45. The highest BCUT2D eigenvalue weighted by atomic mass is 35.5. The number of halogens is 2. The van der Waals surface area contributed by atoms with Crippen LogP contribution in [0.5, 0.6) is 0 Å². The second-order valence-electron chi connectivity index (χ2n) is 6.21. The maximum Gasteiger partial charge on any atom is 0.241 e. The van der Waals surface area contributed by atoms with Crippen LogP contribution in [0.4, 0.5) is 0 Å². The molecule has 1 aliphatic rings. The topological polar surface area (TPSA) is 119 Å². The Morgan fingerprint density at radius 3 is 2.81 bits per heavy atom. The molecule has 0 fully saturated rings. The quantitative estimate of drug-likeness (QED) is 0.620. The number of aromatic amines is 1. The molecule has 0 spiro atoms. The van der Waals surface area contributed by atoms with Crippen LogP contribution in [-0.2, 0) is 17.9 Å². The molecule has 3 aromatic rings. The van der Waals surface area contributed by atoms with Crippen LogP contribution in [0.15, 0.2) is 18.2 Å². The first-order valence-corrected chi connectivity index (χ1v) is 8.88. The lowest BCUT2D eigenvalue weighted by Crippen LogP contribution is -2.49. The van der Waals surface area contributed by atoms with E-state index in [4.69, 9.17) is 34.7 Å². The van der Waals surface area contributed by atoms with E-state index < -0.39 is 6.04 Å². The number of hydrogen-bond donors (Lipinski definition) is 3. The number of nitrogens with zero attached hydrogens (tertiary/aromatic N) is 4. The number of fused-ring (bicyclic) bond motifs is 2. The van der Waals surface area contributed by atoms with Crippen LogP contribution in [-0.4, -0.2) is 49.7 Å². The molecule has 8 nitrogen and oxygen atoms in total. The van der Waals surface area contributed by atoms with Crippen molar-refractivity contribution in [2.75, 3.05) is 13.1 Å². The number of nitrogens with one attached hydrogen (secondary N) is 1. The van der Waals surface area contributed by atoms with Crippen LogP contribution >= 0.6 is 23.2 Å². The zero-order valence-electron chi connectivity index (χ0n) is 13.7. The maximum absolute atomic E-state index is 12.2. The third-order valence-corrected chi connectivity index (χ3v) is 5.17. The van der Waals surface area contributed by atoms with Gasteiger partial charge in [-0.25, -0.2) is 4.98 Å². The number of nitrogens with two attached hydrogens (primary N) is 2. The van der Waals surface area contributed by atoms with Crippen molar-refractivity contribution in [2.24, 2.45) is 11.5 Å². The zero-order valence-corrected chi connectivity index (χ0v) is 15.3. The molecule has 10 heteroatoms. The average molecular weight is 394 g/mol. The van der Waals surface area contributed by atoms with Crippen molar-refractivity contribution in [2.45, 2.75) is 19.1 Å². The highest BCUT2D eigenvalue weighted by Gasteiger charge is 2.26. The predicted molar refractivity (Wildman–Crippen MR) is 99.8 cm³/mol. The second kappa shape index (κ2) is 6.55. The van der Waals surface area contributed by atoms with Gasteiger partial charge in [0.1, 0.15) is 5.69 Å². The van der Waals surface area contributed by atoms with Crippen LogP contribution in [0, 0.1) is 0 Å². The Kier molecular flexibility index (Phi) is 4.36. The highest BCUT2D eigenvalue weighted by Crippen LogP contribution is 2.29. The standard InChI is InChI=1S/C16H17Cl2N7O/c17-9-4-12-13(5-10(9)18)22-15(21-12)14-3-8-7-24(1-2-25(8)23-14)16(26)11(20)6-19/h3-5,11H,1-2,6-7,19-20H2,(H,21,22)/t11-/m0/s1. The SMILES string of the molecule is NC[C@H](N)C(=O)N1CCn2nc(-c3nc4cc(Cl)c(Cl)cc4[nH]3)cc2C1. The smallest absolute Gasteiger partial charge is 0.241 e. The number of hydrogen-bond acceptors (Lipinski definition) is 5. The minimum absolute atomic E-state index is 0.129. The minimum atomic E-state index is -0.672. The van der Waals surface area contributed by atoms with Crippen LogP contribution in [0.1, 0.15) is 5.69 Å². The summed E-state index contributed by atoms with van der Waals surface area (Å²) in [6, 6.07) is 4.69. The van der Waals surface area contributed by atoms with Gasteiger partial charge in [-0.05, 0) is 18.2 Å². The lowest BCUT2D eigenvalue weighted by molar-refractivity contribution is -0.133. The van der Waals surface area contributed by atoms with E-state index in [2.05, 4.69) is 15.1 Å². The van der Waals surface area contributed by atoms with Crippen molar-refractivity contribution >= 4 is 40.1 Å². The molecule has 1 aliphatic heterocycles. The Bertz CT molecular complexity index is 957. The summed E-state index contributed by atoms with van der Waals surface area (Å²) < 4.78 is 1.88. The van der Waals surface area contributed by atoms with Crippen LogP contribution in [0.25, 0.3) is 22.6 Å². The van der Waals surface area contributed by atoms with Gasteiger partial charge in [-0.1, -0.05) is 23.2 Å². The number of carbonyl (C=O) groups is 1. The van der Waals surface area contributed by atoms with Crippen molar-refractivity contribution in [3.8, 4) is 11.5 Å². The Morgan fingerprint density at radius 2 is 2.04 bits per heavy atom. The van der Waals surface area contributed by atoms with Gasteiger partial charge in [-0.3, -0.25) is 9.48 Å². The molecule has 4 rings (SSSR count). The molecule has 26 heavy (non-hydrogen) atoms. The van der Waals surface area contributed by atoms with Crippen molar-refractivity contribution in [3.05, 3.63) is 33.9 Å². The fourth-order valence-corrected chi connectivity index (χ4v) is 3.35. The molecule has 0 radical (unpaired) electrons. The van der Waals surface area contributed by atoms with E-state index >= 15 is 0 Å². The summed E-state index contributed by atoms with van der Waals surface area (Å²) in [5.74, 6) is 0.478. The van der Waals surface area contributed by atoms with Crippen molar-refractivity contribution in [1.29, 1.82) is 0 Å². The van der Waals surface area contributed by atoms with E-state index in [1.165, 1.54) is 0 Å². The normalized spacial score (nSPS) is 15.3. The lowest BCUT2D eigenvalue weighted by Gasteiger charge is -2.29. The van der Waals surface area contributed by atoms with Crippen molar-refractivity contribution in [1.82, 2.24) is 24.6 Å². The number of H-pyrrole nitrogens is 1. The molecule has 1 aromatic carbocycles. The summed E-state index contributed by atoms with van der Waals surface area (Å²) in [4.78, 5) is 21.7. The number of amides is 1. The summed E-state index contributed by atoms with van der Waals surface area (Å²) in [6.07, 6.45) is 0. The molecule has 3 heterocycles. The van der Waals surface area contributed by atoms with Crippen molar-refractivity contribution in [3.63, 3.8) is 0 Å². The van der Waals surface area contributed by atoms with E-state index in [9.17, 15) is 4.79 Å². The Hall–Kier alpha value is -2.13. The van der Waals surface area contributed by atoms with E-state index in [-0.39, 0.29) is 12.5 Å². The van der Waals surface area contributed by atoms with Crippen LogP contribution in [0.3, 0.4) is 0 Å². The Morgan fingerprint density at radius 1 is 1.27 bits per heavy atom. The highest BCUT2D eigenvalue weighted by molar-refractivity contribution is 6.42.